The Bertz CT molecular complexity index is 865. The Morgan fingerprint density at radius 2 is 2.00 bits per heavy atom. The van der Waals surface area contributed by atoms with Gasteiger partial charge in [-0.15, -0.1) is 0 Å². The molecule has 0 spiro atoms. The number of nitrogens with one attached hydrogen (secondary N) is 1. The molecule has 0 saturated carbocycles. The second kappa shape index (κ2) is 4.38. The fraction of sp³-hybridized carbons (Fsp3) is 0.0667. The lowest BCUT2D eigenvalue weighted by atomic mass is 10.2. The van der Waals surface area contributed by atoms with Gasteiger partial charge in [0.05, 0.1) is 22.3 Å². The van der Waals surface area contributed by atoms with Crippen LogP contribution >= 0.6 is 12.2 Å². The van der Waals surface area contributed by atoms with Gasteiger partial charge in [-0.3, -0.25) is 4.57 Å². The summed E-state index contributed by atoms with van der Waals surface area (Å²) in [6.07, 6.45) is 0. The number of hydrogen-bond acceptors (Lipinski definition) is 2. The first-order chi connectivity index (χ1) is 9.20. The van der Waals surface area contributed by atoms with Gasteiger partial charge in [0.1, 0.15) is 6.07 Å². The zero-order valence-electron chi connectivity index (χ0n) is 10.3. The summed E-state index contributed by atoms with van der Waals surface area (Å²) < 4.78 is 2.51. The molecule has 0 radical (unpaired) electrons. The Morgan fingerprint density at radius 1 is 1.21 bits per heavy atom. The lowest BCUT2D eigenvalue weighted by molar-refractivity contribution is 1.06. The van der Waals surface area contributed by atoms with Crippen LogP contribution in [0.2, 0.25) is 0 Å². The van der Waals surface area contributed by atoms with Crippen LogP contribution in [-0.2, 0) is 0 Å². The smallest absolute Gasteiger partial charge is 0.182 e. The fourth-order valence-corrected chi connectivity index (χ4v) is 2.53. The number of nitriles is 1. The molecule has 4 heteroatoms. The van der Waals surface area contributed by atoms with Crippen LogP contribution in [0.3, 0.4) is 0 Å². The number of benzene rings is 2. The van der Waals surface area contributed by atoms with E-state index >= 15 is 0 Å². The lowest BCUT2D eigenvalue weighted by Gasteiger charge is -2.06. The largest absolute Gasteiger partial charge is 0.330 e. The third-order valence-corrected chi connectivity index (χ3v) is 3.39. The first-order valence-corrected chi connectivity index (χ1v) is 6.32. The zero-order chi connectivity index (χ0) is 13.4. The van der Waals surface area contributed by atoms with Crippen LogP contribution in [-0.4, -0.2) is 9.55 Å². The molecule has 3 aromatic rings. The number of H-pyrrole nitrogens is 1. The molecule has 0 aliphatic rings. The number of rotatable bonds is 1. The van der Waals surface area contributed by atoms with Crippen LogP contribution in [0.1, 0.15) is 11.1 Å². The van der Waals surface area contributed by atoms with Gasteiger partial charge in [0.2, 0.25) is 0 Å². The average molecular weight is 265 g/mol. The molecule has 2 aromatic carbocycles. The van der Waals surface area contributed by atoms with Crippen molar-refractivity contribution in [1.82, 2.24) is 9.55 Å². The molecule has 0 saturated heterocycles. The maximum Gasteiger partial charge on any atom is 0.182 e. The highest BCUT2D eigenvalue weighted by atomic mass is 32.1. The topological polar surface area (TPSA) is 44.5 Å². The monoisotopic (exact) mass is 265 g/mol. The second-order valence-corrected chi connectivity index (χ2v) is 4.80. The van der Waals surface area contributed by atoms with Gasteiger partial charge < -0.3 is 4.98 Å². The summed E-state index contributed by atoms with van der Waals surface area (Å²) in [4.78, 5) is 3.19. The third kappa shape index (κ3) is 1.85. The van der Waals surface area contributed by atoms with Crippen molar-refractivity contribution in [2.24, 2.45) is 0 Å². The quantitative estimate of drug-likeness (QED) is 0.679. The summed E-state index contributed by atoms with van der Waals surface area (Å²) in [7, 11) is 0. The lowest BCUT2D eigenvalue weighted by Crippen LogP contribution is -1.97. The zero-order valence-corrected chi connectivity index (χ0v) is 11.2. The summed E-state index contributed by atoms with van der Waals surface area (Å²) in [5.74, 6) is 0. The molecule has 92 valence electrons. The highest BCUT2D eigenvalue weighted by molar-refractivity contribution is 7.71. The van der Waals surface area contributed by atoms with Crippen molar-refractivity contribution in [1.29, 1.82) is 5.26 Å². The summed E-state index contributed by atoms with van der Waals surface area (Å²) in [5, 5.41) is 9.22. The van der Waals surface area contributed by atoms with Gasteiger partial charge in [-0.05, 0) is 49.0 Å². The summed E-state index contributed by atoms with van der Waals surface area (Å²) in [5.41, 5.74) is 4.56. The second-order valence-electron chi connectivity index (χ2n) is 4.42. The van der Waals surface area contributed by atoms with E-state index in [0.717, 1.165) is 16.7 Å². The van der Waals surface area contributed by atoms with Crippen molar-refractivity contribution in [2.75, 3.05) is 0 Å². The van der Waals surface area contributed by atoms with Crippen LogP contribution in [0.5, 0.6) is 0 Å². The number of aromatic nitrogens is 2. The average Bonchev–Trinajstić information content (AvgIpc) is 2.73. The van der Waals surface area contributed by atoms with Gasteiger partial charge in [-0.25, -0.2) is 0 Å². The summed E-state index contributed by atoms with van der Waals surface area (Å²) >= 11 is 5.38. The van der Waals surface area contributed by atoms with Gasteiger partial charge in [-0.1, -0.05) is 18.2 Å². The Kier molecular flexibility index (Phi) is 2.69. The first-order valence-electron chi connectivity index (χ1n) is 5.91. The SMILES string of the molecule is Cc1ccc2c(c1)[nH]c(=S)n2-c1ccccc1C#N. The Morgan fingerprint density at radius 3 is 2.79 bits per heavy atom. The standard InChI is InChI=1S/C15H11N3S/c1-10-6-7-14-12(8-10)17-15(19)18(14)13-5-3-2-4-11(13)9-16/h2-8H,1H3,(H,17,19). The third-order valence-electron chi connectivity index (χ3n) is 3.10. The van der Waals surface area contributed by atoms with Crippen LogP contribution < -0.4 is 0 Å². The van der Waals surface area contributed by atoms with E-state index in [2.05, 4.69) is 17.1 Å². The molecule has 0 amide bonds. The highest BCUT2D eigenvalue weighted by Crippen LogP contribution is 2.22. The number of imidazole rings is 1. The summed E-state index contributed by atoms with van der Waals surface area (Å²) in [6.45, 7) is 2.04. The minimum absolute atomic E-state index is 0.600. The molecule has 0 aliphatic carbocycles. The normalized spacial score (nSPS) is 10.5. The molecule has 19 heavy (non-hydrogen) atoms. The van der Waals surface area contributed by atoms with E-state index in [9.17, 15) is 5.26 Å². The van der Waals surface area contributed by atoms with Gasteiger partial charge in [0, 0.05) is 0 Å². The Labute approximate surface area is 115 Å². The summed E-state index contributed by atoms with van der Waals surface area (Å²) in [6, 6.07) is 15.8. The van der Waals surface area contributed by atoms with Crippen LogP contribution in [0, 0.1) is 23.0 Å². The molecule has 1 aromatic heterocycles. The number of aryl methyl sites for hydroxylation is 1. The molecule has 0 unspecified atom stereocenters. The van der Waals surface area contributed by atoms with E-state index in [4.69, 9.17) is 12.2 Å². The van der Waals surface area contributed by atoms with Crippen molar-refractivity contribution < 1.29 is 0 Å². The predicted molar refractivity (Wildman–Crippen MR) is 77.9 cm³/mol. The number of fused-ring (bicyclic) bond motifs is 1. The van der Waals surface area contributed by atoms with Crippen LogP contribution in [0.15, 0.2) is 42.5 Å². The molecule has 0 aliphatic heterocycles. The van der Waals surface area contributed by atoms with E-state index in [1.54, 1.807) is 6.07 Å². The van der Waals surface area contributed by atoms with Crippen molar-refractivity contribution in [3.05, 3.63) is 58.4 Å². The van der Waals surface area contributed by atoms with E-state index < -0.39 is 0 Å². The fourth-order valence-electron chi connectivity index (χ4n) is 2.23. The maximum absolute atomic E-state index is 9.22. The van der Waals surface area contributed by atoms with Crippen LogP contribution in [0.4, 0.5) is 0 Å². The molecule has 1 heterocycles. The minimum atomic E-state index is 0.600. The van der Waals surface area contributed by atoms with Gasteiger partial charge in [-0.2, -0.15) is 5.26 Å². The highest BCUT2D eigenvalue weighted by Gasteiger charge is 2.09. The Hall–Kier alpha value is -2.38. The number of aromatic amines is 1. The molecule has 0 fully saturated rings. The van der Waals surface area contributed by atoms with Crippen molar-refractivity contribution in [2.45, 2.75) is 6.92 Å². The number of para-hydroxylation sites is 1. The minimum Gasteiger partial charge on any atom is -0.330 e. The van der Waals surface area contributed by atoms with Crippen LogP contribution in [0.25, 0.3) is 16.7 Å². The van der Waals surface area contributed by atoms with Crippen molar-refractivity contribution >= 4 is 23.3 Å². The molecule has 0 bridgehead atoms. The molecule has 1 N–H and O–H groups in total. The predicted octanol–water partition coefficient (Wildman–Crippen LogP) is 3.87. The molecule has 3 rings (SSSR count). The van der Waals surface area contributed by atoms with Gasteiger partial charge in [0.15, 0.2) is 4.77 Å². The maximum atomic E-state index is 9.22. The molecule has 0 atom stereocenters. The number of hydrogen-bond donors (Lipinski definition) is 1. The Balaban J connectivity index is 2.41. The van der Waals surface area contributed by atoms with E-state index in [0.29, 0.717) is 10.3 Å². The first kappa shape index (κ1) is 11.7. The van der Waals surface area contributed by atoms with E-state index in [-0.39, 0.29) is 0 Å². The van der Waals surface area contributed by atoms with Crippen molar-refractivity contribution in [3.8, 4) is 11.8 Å². The molecule has 3 nitrogen and oxygen atoms in total. The van der Waals surface area contributed by atoms with E-state index in [1.165, 1.54) is 5.56 Å². The van der Waals surface area contributed by atoms with Crippen molar-refractivity contribution in [3.63, 3.8) is 0 Å². The number of nitrogens with zero attached hydrogens (tertiary/aromatic N) is 2. The molecular formula is C15H11N3S. The van der Waals surface area contributed by atoms with Gasteiger partial charge in [0.25, 0.3) is 0 Å². The molecular weight excluding hydrogens is 254 g/mol. The van der Waals surface area contributed by atoms with Gasteiger partial charge >= 0.3 is 0 Å². The van der Waals surface area contributed by atoms with E-state index in [1.807, 2.05) is 41.8 Å².